The van der Waals surface area contributed by atoms with Gasteiger partial charge in [0.2, 0.25) is 0 Å². The minimum absolute atomic E-state index is 0.497. The fourth-order valence-electron chi connectivity index (χ4n) is 1.59. The molecular formula is C15H16ClNO2. The molecule has 0 aliphatic carbocycles. The number of hydrogen-bond donors (Lipinski definition) is 1. The number of nitrogen functional groups attached to an aromatic ring is 1. The normalized spacial score (nSPS) is 10.4. The van der Waals surface area contributed by atoms with Gasteiger partial charge in [0.1, 0.15) is 12.4 Å². The summed E-state index contributed by atoms with van der Waals surface area (Å²) < 4.78 is 11.0. The lowest BCUT2D eigenvalue weighted by molar-refractivity contribution is 0.0889. The predicted octanol–water partition coefficient (Wildman–Crippen LogP) is 3.52. The van der Waals surface area contributed by atoms with Gasteiger partial charge in [0.25, 0.3) is 0 Å². The minimum atomic E-state index is 0.497. The number of rotatable bonds is 6. The Hall–Kier alpha value is -1.71. The molecule has 0 saturated heterocycles. The topological polar surface area (TPSA) is 44.5 Å². The highest BCUT2D eigenvalue weighted by atomic mass is 35.5. The maximum Gasteiger partial charge on any atom is 0.121 e. The first kappa shape index (κ1) is 13.7. The van der Waals surface area contributed by atoms with Gasteiger partial charge < -0.3 is 15.2 Å². The third-order valence-corrected chi connectivity index (χ3v) is 2.79. The minimum Gasteiger partial charge on any atom is -0.491 e. The van der Waals surface area contributed by atoms with E-state index in [1.54, 1.807) is 6.07 Å². The molecule has 0 radical (unpaired) electrons. The van der Waals surface area contributed by atoms with Crippen LogP contribution in [-0.4, -0.2) is 13.2 Å². The lowest BCUT2D eigenvalue weighted by Gasteiger charge is -2.07. The van der Waals surface area contributed by atoms with Crippen LogP contribution in [0.3, 0.4) is 0 Å². The van der Waals surface area contributed by atoms with Gasteiger partial charge in [-0.15, -0.1) is 0 Å². The SMILES string of the molecule is Nc1cccc(OCCOCc2ccc(Cl)cc2)c1. The molecular weight excluding hydrogens is 262 g/mol. The highest BCUT2D eigenvalue weighted by molar-refractivity contribution is 6.30. The zero-order valence-corrected chi connectivity index (χ0v) is 11.3. The maximum atomic E-state index is 5.80. The third-order valence-electron chi connectivity index (χ3n) is 2.54. The van der Waals surface area contributed by atoms with E-state index < -0.39 is 0 Å². The molecule has 0 atom stereocenters. The van der Waals surface area contributed by atoms with Gasteiger partial charge in [-0.1, -0.05) is 29.8 Å². The molecule has 2 rings (SSSR count). The van der Waals surface area contributed by atoms with E-state index in [0.29, 0.717) is 25.5 Å². The Kier molecular flexibility index (Phi) is 5.07. The molecule has 2 aromatic rings. The lowest BCUT2D eigenvalue weighted by Crippen LogP contribution is -2.06. The summed E-state index contributed by atoms with van der Waals surface area (Å²) in [5.74, 6) is 0.759. The van der Waals surface area contributed by atoms with Crippen LogP contribution in [0.1, 0.15) is 5.56 Å². The van der Waals surface area contributed by atoms with Crippen LogP contribution in [0.15, 0.2) is 48.5 Å². The molecule has 0 aliphatic rings. The molecule has 0 aromatic heterocycles. The summed E-state index contributed by atoms with van der Waals surface area (Å²) >= 11 is 5.80. The summed E-state index contributed by atoms with van der Waals surface area (Å²) in [4.78, 5) is 0. The summed E-state index contributed by atoms with van der Waals surface area (Å²) in [6.45, 7) is 1.58. The van der Waals surface area contributed by atoms with Crippen molar-refractivity contribution in [1.82, 2.24) is 0 Å². The van der Waals surface area contributed by atoms with Crippen molar-refractivity contribution in [3.63, 3.8) is 0 Å². The van der Waals surface area contributed by atoms with Crippen LogP contribution in [0.25, 0.3) is 0 Å². The van der Waals surface area contributed by atoms with Crippen molar-refractivity contribution in [2.75, 3.05) is 18.9 Å². The zero-order valence-electron chi connectivity index (χ0n) is 10.5. The number of halogens is 1. The Morgan fingerprint density at radius 3 is 2.53 bits per heavy atom. The van der Waals surface area contributed by atoms with E-state index >= 15 is 0 Å². The van der Waals surface area contributed by atoms with Gasteiger partial charge >= 0.3 is 0 Å². The van der Waals surface area contributed by atoms with Gasteiger partial charge in [-0.05, 0) is 29.8 Å². The van der Waals surface area contributed by atoms with Crippen LogP contribution >= 0.6 is 11.6 Å². The van der Waals surface area contributed by atoms with Crippen molar-refractivity contribution < 1.29 is 9.47 Å². The number of nitrogens with two attached hydrogens (primary N) is 1. The van der Waals surface area contributed by atoms with Crippen LogP contribution in [0, 0.1) is 0 Å². The van der Waals surface area contributed by atoms with E-state index in [1.807, 2.05) is 42.5 Å². The molecule has 2 aromatic carbocycles. The Balaban J connectivity index is 1.66. The van der Waals surface area contributed by atoms with E-state index in [4.69, 9.17) is 26.8 Å². The largest absolute Gasteiger partial charge is 0.491 e. The molecule has 0 amide bonds. The molecule has 0 unspecified atom stereocenters. The molecule has 0 heterocycles. The van der Waals surface area contributed by atoms with Gasteiger partial charge in [0, 0.05) is 16.8 Å². The van der Waals surface area contributed by atoms with E-state index in [9.17, 15) is 0 Å². The predicted molar refractivity (Wildman–Crippen MR) is 77.5 cm³/mol. The van der Waals surface area contributed by atoms with Crippen LogP contribution < -0.4 is 10.5 Å². The Morgan fingerprint density at radius 1 is 1.00 bits per heavy atom. The maximum absolute atomic E-state index is 5.80. The van der Waals surface area contributed by atoms with Crippen LogP contribution in [0.2, 0.25) is 5.02 Å². The summed E-state index contributed by atoms with van der Waals surface area (Å²) in [7, 11) is 0. The summed E-state index contributed by atoms with van der Waals surface area (Å²) in [5, 5.41) is 0.730. The zero-order chi connectivity index (χ0) is 13.5. The summed E-state index contributed by atoms with van der Waals surface area (Å²) in [6.07, 6.45) is 0. The van der Waals surface area contributed by atoms with Gasteiger partial charge in [-0.25, -0.2) is 0 Å². The van der Waals surface area contributed by atoms with Crippen molar-refractivity contribution in [3.05, 3.63) is 59.1 Å². The number of anilines is 1. The molecule has 3 nitrogen and oxygen atoms in total. The molecule has 2 N–H and O–H groups in total. The van der Waals surface area contributed by atoms with Gasteiger partial charge in [0.05, 0.1) is 13.2 Å². The number of hydrogen-bond acceptors (Lipinski definition) is 3. The van der Waals surface area contributed by atoms with E-state index in [2.05, 4.69) is 0 Å². The second-order valence-corrected chi connectivity index (χ2v) is 4.54. The average molecular weight is 278 g/mol. The van der Waals surface area contributed by atoms with Gasteiger partial charge in [-0.2, -0.15) is 0 Å². The van der Waals surface area contributed by atoms with Crippen LogP contribution in [0.4, 0.5) is 5.69 Å². The van der Waals surface area contributed by atoms with Crippen molar-refractivity contribution in [1.29, 1.82) is 0 Å². The van der Waals surface area contributed by atoms with Crippen LogP contribution in [0.5, 0.6) is 5.75 Å². The van der Waals surface area contributed by atoms with Crippen LogP contribution in [-0.2, 0) is 11.3 Å². The Labute approximate surface area is 117 Å². The fourth-order valence-corrected chi connectivity index (χ4v) is 1.72. The lowest BCUT2D eigenvalue weighted by atomic mass is 10.2. The third kappa shape index (κ3) is 4.81. The second-order valence-electron chi connectivity index (χ2n) is 4.10. The van der Waals surface area contributed by atoms with E-state index in [0.717, 1.165) is 16.3 Å². The monoisotopic (exact) mass is 277 g/mol. The molecule has 0 aliphatic heterocycles. The molecule has 4 heteroatoms. The van der Waals surface area contributed by atoms with Gasteiger partial charge in [-0.3, -0.25) is 0 Å². The molecule has 0 spiro atoms. The standard InChI is InChI=1S/C15H16ClNO2/c16-13-6-4-12(5-7-13)11-18-8-9-19-15-3-1-2-14(17)10-15/h1-7,10H,8-9,11,17H2. The highest BCUT2D eigenvalue weighted by Gasteiger charge is 1.96. The van der Waals surface area contributed by atoms with Crippen molar-refractivity contribution in [2.45, 2.75) is 6.61 Å². The van der Waals surface area contributed by atoms with E-state index in [1.165, 1.54) is 0 Å². The quantitative estimate of drug-likeness (QED) is 0.649. The average Bonchev–Trinajstić information content (AvgIpc) is 2.41. The van der Waals surface area contributed by atoms with Crippen molar-refractivity contribution >= 4 is 17.3 Å². The summed E-state index contributed by atoms with van der Waals surface area (Å²) in [5.41, 5.74) is 7.44. The highest BCUT2D eigenvalue weighted by Crippen LogP contribution is 2.14. The molecule has 100 valence electrons. The van der Waals surface area contributed by atoms with Gasteiger partial charge in [0.15, 0.2) is 0 Å². The van der Waals surface area contributed by atoms with Crippen molar-refractivity contribution in [2.24, 2.45) is 0 Å². The van der Waals surface area contributed by atoms with Crippen molar-refractivity contribution in [3.8, 4) is 5.75 Å². The van der Waals surface area contributed by atoms with E-state index in [-0.39, 0.29) is 0 Å². The molecule has 0 bridgehead atoms. The number of benzene rings is 2. The first-order valence-electron chi connectivity index (χ1n) is 6.04. The smallest absolute Gasteiger partial charge is 0.121 e. The molecule has 0 fully saturated rings. The Bertz CT molecular complexity index is 514. The fraction of sp³-hybridized carbons (Fsp3) is 0.200. The molecule has 19 heavy (non-hydrogen) atoms. The first-order valence-corrected chi connectivity index (χ1v) is 6.42. The first-order chi connectivity index (χ1) is 9.24. The molecule has 0 saturated carbocycles. The number of ether oxygens (including phenoxy) is 2. The summed E-state index contributed by atoms with van der Waals surface area (Å²) in [6, 6.07) is 14.9. The second kappa shape index (κ2) is 7.02. The Morgan fingerprint density at radius 2 is 1.79 bits per heavy atom.